The second-order valence-corrected chi connectivity index (χ2v) is 4.67. The molecule has 0 saturated carbocycles. The fraction of sp³-hybridized carbons (Fsp3) is 0.462. The largest absolute Gasteiger partial charge is 0.335 e. The molecule has 2 rings (SSSR count). The highest BCUT2D eigenvalue weighted by molar-refractivity contribution is 6.04. The van der Waals surface area contributed by atoms with E-state index in [0.29, 0.717) is 12.2 Å². The summed E-state index contributed by atoms with van der Waals surface area (Å²) < 4.78 is 0. The van der Waals surface area contributed by atoms with E-state index in [1.807, 2.05) is 19.9 Å². The summed E-state index contributed by atoms with van der Waals surface area (Å²) in [6.45, 7) is 3.88. The standard InChI is InChI=1S/C13H18N4O2/c1-3-10-13(19)16-11(18)7-17(10)12-9(8(2)14)5-4-6-15-12/h4-6,8,10H,3,7,14H2,1-2H3,(H,16,18,19). The predicted molar refractivity (Wildman–Crippen MR) is 71.4 cm³/mol. The summed E-state index contributed by atoms with van der Waals surface area (Å²) in [4.78, 5) is 29.5. The van der Waals surface area contributed by atoms with Crippen LogP contribution in [0, 0.1) is 0 Å². The zero-order valence-electron chi connectivity index (χ0n) is 11.1. The Hall–Kier alpha value is -1.95. The molecule has 0 radical (unpaired) electrons. The summed E-state index contributed by atoms with van der Waals surface area (Å²) in [5, 5.41) is 2.35. The van der Waals surface area contributed by atoms with Gasteiger partial charge in [-0.15, -0.1) is 0 Å². The predicted octanol–water partition coefficient (Wildman–Crippen LogP) is 0.343. The van der Waals surface area contributed by atoms with Gasteiger partial charge in [0.2, 0.25) is 11.8 Å². The lowest BCUT2D eigenvalue weighted by Gasteiger charge is -2.35. The molecule has 0 aliphatic carbocycles. The quantitative estimate of drug-likeness (QED) is 0.767. The number of rotatable bonds is 3. The van der Waals surface area contributed by atoms with Gasteiger partial charge in [-0.2, -0.15) is 0 Å². The second kappa shape index (κ2) is 5.36. The number of nitrogens with one attached hydrogen (secondary N) is 1. The van der Waals surface area contributed by atoms with E-state index in [0.717, 1.165) is 5.56 Å². The Morgan fingerprint density at radius 1 is 1.58 bits per heavy atom. The molecule has 1 aromatic rings. The molecule has 3 N–H and O–H groups in total. The Balaban J connectivity index is 2.43. The molecule has 2 heterocycles. The molecule has 1 aliphatic heterocycles. The van der Waals surface area contributed by atoms with Crippen molar-refractivity contribution in [2.75, 3.05) is 11.4 Å². The number of hydrogen-bond acceptors (Lipinski definition) is 5. The van der Waals surface area contributed by atoms with E-state index in [9.17, 15) is 9.59 Å². The smallest absolute Gasteiger partial charge is 0.249 e. The number of pyridine rings is 1. The topological polar surface area (TPSA) is 88.3 Å². The Labute approximate surface area is 112 Å². The van der Waals surface area contributed by atoms with Gasteiger partial charge in [0.05, 0.1) is 6.54 Å². The van der Waals surface area contributed by atoms with E-state index in [4.69, 9.17) is 5.73 Å². The Morgan fingerprint density at radius 2 is 2.32 bits per heavy atom. The van der Waals surface area contributed by atoms with Crippen LogP contribution in [0.25, 0.3) is 0 Å². The first kappa shape index (κ1) is 13.5. The number of carbonyl (C=O) groups excluding carboxylic acids is 2. The maximum atomic E-state index is 11.9. The molecule has 6 nitrogen and oxygen atoms in total. The molecule has 19 heavy (non-hydrogen) atoms. The summed E-state index contributed by atoms with van der Waals surface area (Å²) in [5.74, 6) is 0.0311. The average molecular weight is 262 g/mol. The number of aromatic nitrogens is 1. The van der Waals surface area contributed by atoms with Crippen LogP contribution < -0.4 is 16.0 Å². The van der Waals surface area contributed by atoms with Gasteiger partial charge in [-0.1, -0.05) is 13.0 Å². The second-order valence-electron chi connectivity index (χ2n) is 4.67. The first-order valence-corrected chi connectivity index (χ1v) is 6.35. The van der Waals surface area contributed by atoms with E-state index >= 15 is 0 Å². The first-order valence-electron chi connectivity index (χ1n) is 6.35. The molecular weight excluding hydrogens is 244 g/mol. The number of anilines is 1. The van der Waals surface area contributed by atoms with Crippen molar-refractivity contribution in [2.24, 2.45) is 5.73 Å². The van der Waals surface area contributed by atoms with Crippen LogP contribution in [-0.4, -0.2) is 29.4 Å². The minimum absolute atomic E-state index is 0.126. The minimum atomic E-state index is -0.384. The van der Waals surface area contributed by atoms with Crippen molar-refractivity contribution in [3.63, 3.8) is 0 Å². The van der Waals surface area contributed by atoms with Crippen LogP contribution in [-0.2, 0) is 9.59 Å². The molecule has 1 aliphatic rings. The summed E-state index contributed by atoms with van der Waals surface area (Å²) >= 11 is 0. The number of nitrogens with two attached hydrogens (primary N) is 1. The molecule has 0 bridgehead atoms. The third-order valence-electron chi connectivity index (χ3n) is 3.22. The zero-order valence-corrected chi connectivity index (χ0v) is 11.1. The van der Waals surface area contributed by atoms with Gasteiger partial charge in [0.25, 0.3) is 0 Å². The van der Waals surface area contributed by atoms with Crippen molar-refractivity contribution < 1.29 is 9.59 Å². The van der Waals surface area contributed by atoms with Gasteiger partial charge >= 0.3 is 0 Å². The zero-order chi connectivity index (χ0) is 14.0. The van der Waals surface area contributed by atoms with Crippen LogP contribution in [0.4, 0.5) is 5.82 Å². The summed E-state index contributed by atoms with van der Waals surface area (Å²) in [5.41, 5.74) is 6.76. The van der Waals surface area contributed by atoms with Gasteiger partial charge in [0.1, 0.15) is 11.9 Å². The van der Waals surface area contributed by atoms with E-state index in [1.54, 1.807) is 17.2 Å². The van der Waals surface area contributed by atoms with Crippen LogP contribution in [0.1, 0.15) is 31.9 Å². The highest BCUT2D eigenvalue weighted by Gasteiger charge is 2.34. The maximum absolute atomic E-state index is 11.9. The molecule has 1 fully saturated rings. The lowest BCUT2D eigenvalue weighted by atomic mass is 10.1. The van der Waals surface area contributed by atoms with Gasteiger partial charge in [-0.25, -0.2) is 4.98 Å². The number of imide groups is 1. The third kappa shape index (κ3) is 2.58. The lowest BCUT2D eigenvalue weighted by molar-refractivity contribution is -0.132. The number of amides is 2. The average Bonchev–Trinajstić information content (AvgIpc) is 2.37. The van der Waals surface area contributed by atoms with Gasteiger partial charge in [-0.05, 0) is 19.4 Å². The van der Waals surface area contributed by atoms with E-state index in [2.05, 4.69) is 10.3 Å². The number of piperazine rings is 1. The molecule has 0 spiro atoms. The van der Waals surface area contributed by atoms with Crippen molar-refractivity contribution in [1.82, 2.24) is 10.3 Å². The van der Waals surface area contributed by atoms with Crippen LogP contribution >= 0.6 is 0 Å². The molecule has 2 amide bonds. The fourth-order valence-electron chi connectivity index (χ4n) is 2.30. The highest BCUT2D eigenvalue weighted by Crippen LogP contribution is 2.26. The normalized spacial score (nSPS) is 21.2. The van der Waals surface area contributed by atoms with E-state index in [-0.39, 0.29) is 30.4 Å². The number of carbonyl (C=O) groups is 2. The van der Waals surface area contributed by atoms with Crippen molar-refractivity contribution >= 4 is 17.6 Å². The molecule has 1 aromatic heterocycles. The summed E-state index contributed by atoms with van der Waals surface area (Å²) in [6.07, 6.45) is 2.25. The summed E-state index contributed by atoms with van der Waals surface area (Å²) in [7, 11) is 0. The highest BCUT2D eigenvalue weighted by atomic mass is 16.2. The van der Waals surface area contributed by atoms with Gasteiger partial charge in [0.15, 0.2) is 0 Å². The molecule has 6 heteroatoms. The first-order chi connectivity index (χ1) is 9.04. The Morgan fingerprint density at radius 3 is 2.95 bits per heavy atom. The molecule has 0 aromatic carbocycles. The Kier molecular flexibility index (Phi) is 3.80. The van der Waals surface area contributed by atoms with Crippen molar-refractivity contribution in [3.05, 3.63) is 23.9 Å². The van der Waals surface area contributed by atoms with Crippen molar-refractivity contribution in [1.29, 1.82) is 0 Å². The minimum Gasteiger partial charge on any atom is -0.335 e. The van der Waals surface area contributed by atoms with Crippen molar-refractivity contribution in [2.45, 2.75) is 32.4 Å². The number of nitrogens with zero attached hydrogens (tertiary/aromatic N) is 2. The molecule has 1 saturated heterocycles. The lowest BCUT2D eigenvalue weighted by Crippen LogP contribution is -2.58. The van der Waals surface area contributed by atoms with Gasteiger partial charge in [0, 0.05) is 17.8 Å². The van der Waals surface area contributed by atoms with Gasteiger partial charge in [-0.3, -0.25) is 14.9 Å². The molecule has 2 atom stereocenters. The van der Waals surface area contributed by atoms with Gasteiger partial charge < -0.3 is 10.6 Å². The van der Waals surface area contributed by atoms with Crippen molar-refractivity contribution in [3.8, 4) is 0 Å². The van der Waals surface area contributed by atoms with Crippen LogP contribution in [0.3, 0.4) is 0 Å². The maximum Gasteiger partial charge on any atom is 0.249 e. The SMILES string of the molecule is CCC1C(=O)NC(=O)CN1c1ncccc1C(C)N. The van der Waals surface area contributed by atoms with Crippen LogP contribution in [0.2, 0.25) is 0 Å². The van der Waals surface area contributed by atoms with E-state index < -0.39 is 0 Å². The third-order valence-corrected chi connectivity index (χ3v) is 3.22. The number of hydrogen-bond donors (Lipinski definition) is 2. The Bertz CT molecular complexity index is 501. The van der Waals surface area contributed by atoms with Crippen LogP contribution in [0.15, 0.2) is 18.3 Å². The molecule has 2 unspecified atom stereocenters. The molecule has 102 valence electrons. The van der Waals surface area contributed by atoms with Crippen LogP contribution in [0.5, 0.6) is 0 Å². The van der Waals surface area contributed by atoms with E-state index in [1.165, 1.54) is 0 Å². The summed E-state index contributed by atoms with van der Waals surface area (Å²) in [6, 6.07) is 3.08. The monoisotopic (exact) mass is 262 g/mol. The molecular formula is C13H18N4O2. The fourth-order valence-corrected chi connectivity index (χ4v) is 2.30.